The number of thiazole rings is 1. The number of hydrogen-bond donors (Lipinski definition) is 2. The van der Waals surface area contributed by atoms with Crippen LogP contribution < -0.4 is 10.6 Å². The molecule has 0 aliphatic carbocycles. The van der Waals surface area contributed by atoms with Crippen molar-refractivity contribution in [1.82, 2.24) is 15.6 Å². The van der Waals surface area contributed by atoms with Crippen LogP contribution in [0.25, 0.3) is 21.8 Å². The molecule has 0 saturated heterocycles. The summed E-state index contributed by atoms with van der Waals surface area (Å²) in [6.45, 7) is 0.405. The highest BCUT2D eigenvalue weighted by Gasteiger charge is 2.20. The van der Waals surface area contributed by atoms with E-state index in [0.29, 0.717) is 10.6 Å². The molecule has 28 heavy (non-hydrogen) atoms. The summed E-state index contributed by atoms with van der Waals surface area (Å²) in [4.78, 5) is 29.6. The van der Waals surface area contributed by atoms with Gasteiger partial charge in [-0.25, -0.2) is 4.98 Å². The van der Waals surface area contributed by atoms with Crippen LogP contribution in [0.5, 0.6) is 0 Å². The molecule has 2 aromatic carbocycles. The summed E-state index contributed by atoms with van der Waals surface area (Å²) in [5, 5.41) is 6.15. The van der Waals surface area contributed by atoms with Gasteiger partial charge in [0.25, 0.3) is 5.91 Å². The van der Waals surface area contributed by atoms with Crippen LogP contribution in [0.4, 0.5) is 0 Å². The Balaban J connectivity index is 1.81. The van der Waals surface area contributed by atoms with Gasteiger partial charge < -0.3 is 10.6 Å². The molecule has 0 spiro atoms. The molecule has 0 radical (unpaired) electrons. The van der Waals surface area contributed by atoms with E-state index < -0.39 is 0 Å². The maximum Gasteiger partial charge on any atom is 0.263 e. The van der Waals surface area contributed by atoms with E-state index in [1.807, 2.05) is 60.7 Å². The molecule has 3 rings (SSSR count). The minimum absolute atomic E-state index is 0.165. The van der Waals surface area contributed by atoms with Crippen LogP contribution in [-0.4, -0.2) is 29.9 Å². The number of terminal acetylenes is 1. The molecule has 140 valence electrons. The molecule has 0 bridgehead atoms. The third-order valence-electron chi connectivity index (χ3n) is 3.93. The molecule has 0 saturated carbocycles. The summed E-state index contributed by atoms with van der Waals surface area (Å²) in [5.74, 6) is 1.90. The minimum Gasteiger partial charge on any atom is -0.351 e. The van der Waals surface area contributed by atoms with Crippen molar-refractivity contribution in [3.63, 3.8) is 0 Å². The molecule has 6 heteroatoms. The standard InChI is InChI=1S/C22H19N3O2S/c1-2-14-23-18(26)13-15-24-21(27)20-19(16-9-5-3-6-10-16)25-22(28-20)17-11-7-4-8-12-17/h1,3-12H,13-15H2,(H,23,26)(H,24,27). The third kappa shape index (κ3) is 4.84. The Bertz CT molecular complexity index is 992. The summed E-state index contributed by atoms with van der Waals surface area (Å²) >= 11 is 1.34. The first-order chi connectivity index (χ1) is 13.7. The summed E-state index contributed by atoms with van der Waals surface area (Å²) in [6, 6.07) is 19.3. The van der Waals surface area contributed by atoms with Crippen molar-refractivity contribution in [2.45, 2.75) is 6.42 Å². The smallest absolute Gasteiger partial charge is 0.263 e. The van der Waals surface area contributed by atoms with Gasteiger partial charge in [-0.3, -0.25) is 9.59 Å². The van der Waals surface area contributed by atoms with E-state index in [1.54, 1.807) is 0 Å². The van der Waals surface area contributed by atoms with E-state index in [9.17, 15) is 9.59 Å². The Morgan fingerprint density at radius 3 is 2.25 bits per heavy atom. The number of benzene rings is 2. The Morgan fingerprint density at radius 1 is 0.964 bits per heavy atom. The molecule has 0 aliphatic heterocycles. The third-order valence-corrected chi connectivity index (χ3v) is 5.03. The Kier molecular flexibility index (Phi) is 6.55. The van der Waals surface area contributed by atoms with Gasteiger partial charge in [0.15, 0.2) is 0 Å². The first-order valence-corrected chi connectivity index (χ1v) is 9.60. The Morgan fingerprint density at radius 2 is 1.61 bits per heavy atom. The van der Waals surface area contributed by atoms with Crippen molar-refractivity contribution >= 4 is 23.2 Å². The average molecular weight is 389 g/mol. The van der Waals surface area contributed by atoms with Crippen molar-refractivity contribution in [3.8, 4) is 34.2 Å². The van der Waals surface area contributed by atoms with Crippen LogP contribution in [0.15, 0.2) is 60.7 Å². The highest BCUT2D eigenvalue weighted by molar-refractivity contribution is 7.17. The van der Waals surface area contributed by atoms with Gasteiger partial charge in [0.2, 0.25) is 5.91 Å². The molecule has 0 fully saturated rings. The van der Waals surface area contributed by atoms with Crippen LogP contribution >= 0.6 is 11.3 Å². The lowest BCUT2D eigenvalue weighted by molar-refractivity contribution is -0.120. The monoisotopic (exact) mass is 389 g/mol. The van der Waals surface area contributed by atoms with Crippen LogP contribution in [0.2, 0.25) is 0 Å². The number of aromatic nitrogens is 1. The SMILES string of the molecule is C#CCNC(=O)CCNC(=O)c1sc(-c2ccccc2)nc1-c1ccccc1. The summed E-state index contributed by atoms with van der Waals surface area (Å²) in [6.07, 6.45) is 5.28. The molecule has 3 aromatic rings. The number of nitrogens with zero attached hydrogens (tertiary/aromatic N) is 1. The zero-order chi connectivity index (χ0) is 19.8. The quantitative estimate of drug-likeness (QED) is 0.609. The van der Waals surface area contributed by atoms with Gasteiger partial charge in [-0.05, 0) is 0 Å². The molecule has 2 amide bonds. The van der Waals surface area contributed by atoms with Gasteiger partial charge in [-0.1, -0.05) is 66.6 Å². The zero-order valence-electron chi connectivity index (χ0n) is 15.1. The topological polar surface area (TPSA) is 71.1 Å². The fraction of sp³-hybridized carbons (Fsp3) is 0.136. The lowest BCUT2D eigenvalue weighted by Crippen LogP contribution is -2.30. The molecule has 0 aliphatic rings. The van der Waals surface area contributed by atoms with Gasteiger partial charge in [-0.2, -0.15) is 0 Å². The largest absolute Gasteiger partial charge is 0.351 e. The van der Waals surface area contributed by atoms with Gasteiger partial charge in [0.05, 0.1) is 12.2 Å². The second-order valence-electron chi connectivity index (χ2n) is 5.92. The van der Waals surface area contributed by atoms with E-state index in [4.69, 9.17) is 11.4 Å². The molecule has 5 nitrogen and oxygen atoms in total. The highest BCUT2D eigenvalue weighted by Crippen LogP contribution is 2.33. The number of amides is 2. The van der Waals surface area contributed by atoms with Gasteiger partial charge in [0.1, 0.15) is 9.88 Å². The molecule has 2 N–H and O–H groups in total. The lowest BCUT2D eigenvalue weighted by atomic mass is 10.1. The molecular formula is C22H19N3O2S. The lowest BCUT2D eigenvalue weighted by Gasteiger charge is -2.05. The summed E-state index contributed by atoms with van der Waals surface area (Å²) in [7, 11) is 0. The maximum absolute atomic E-state index is 12.8. The first kappa shape index (κ1) is 19.3. The number of carbonyl (C=O) groups is 2. The van der Waals surface area contributed by atoms with E-state index in [0.717, 1.165) is 16.1 Å². The van der Waals surface area contributed by atoms with Crippen molar-refractivity contribution in [1.29, 1.82) is 0 Å². The Labute approximate surface area is 167 Å². The average Bonchev–Trinajstić information content (AvgIpc) is 3.19. The van der Waals surface area contributed by atoms with E-state index >= 15 is 0 Å². The fourth-order valence-electron chi connectivity index (χ4n) is 2.58. The van der Waals surface area contributed by atoms with Crippen LogP contribution in [0.1, 0.15) is 16.1 Å². The van der Waals surface area contributed by atoms with E-state index in [1.165, 1.54) is 11.3 Å². The van der Waals surface area contributed by atoms with Crippen molar-refractivity contribution in [2.75, 3.05) is 13.1 Å². The number of nitrogens with one attached hydrogen (secondary N) is 2. The second-order valence-corrected chi connectivity index (χ2v) is 6.91. The van der Waals surface area contributed by atoms with Gasteiger partial charge >= 0.3 is 0 Å². The van der Waals surface area contributed by atoms with Gasteiger partial charge in [-0.15, -0.1) is 17.8 Å². The fourth-order valence-corrected chi connectivity index (χ4v) is 3.59. The van der Waals surface area contributed by atoms with Crippen LogP contribution in [-0.2, 0) is 4.79 Å². The van der Waals surface area contributed by atoms with Crippen LogP contribution in [0, 0.1) is 12.3 Å². The number of carbonyl (C=O) groups excluding carboxylic acids is 2. The highest BCUT2D eigenvalue weighted by atomic mass is 32.1. The summed E-state index contributed by atoms with van der Waals surface area (Å²) in [5.41, 5.74) is 2.47. The van der Waals surface area contributed by atoms with Crippen molar-refractivity contribution < 1.29 is 9.59 Å². The van der Waals surface area contributed by atoms with Crippen molar-refractivity contribution in [3.05, 3.63) is 65.5 Å². The number of rotatable bonds is 7. The molecule has 0 unspecified atom stereocenters. The molecule has 1 heterocycles. The second kappa shape index (κ2) is 9.49. The summed E-state index contributed by atoms with van der Waals surface area (Å²) < 4.78 is 0. The van der Waals surface area contributed by atoms with Crippen molar-refractivity contribution in [2.24, 2.45) is 0 Å². The normalized spacial score (nSPS) is 10.1. The van der Waals surface area contributed by atoms with E-state index in [-0.39, 0.29) is 31.3 Å². The minimum atomic E-state index is -0.247. The molecule has 1 aromatic heterocycles. The van der Waals surface area contributed by atoms with E-state index in [2.05, 4.69) is 16.6 Å². The predicted octanol–water partition coefficient (Wildman–Crippen LogP) is 3.35. The Hall–Kier alpha value is -3.43. The zero-order valence-corrected chi connectivity index (χ0v) is 16.0. The first-order valence-electron chi connectivity index (χ1n) is 8.79. The van der Waals surface area contributed by atoms with Gasteiger partial charge in [0, 0.05) is 24.1 Å². The van der Waals surface area contributed by atoms with Crippen LogP contribution in [0.3, 0.4) is 0 Å². The molecule has 0 atom stereocenters. The number of hydrogen-bond acceptors (Lipinski definition) is 4. The maximum atomic E-state index is 12.8. The predicted molar refractivity (Wildman–Crippen MR) is 112 cm³/mol. The molecular weight excluding hydrogens is 370 g/mol.